The summed E-state index contributed by atoms with van der Waals surface area (Å²) in [5, 5.41) is 0. The standard InChI is InChI=1S/C13H21ClO4S/c1-2-10-4-3-6-13(7-5-10)8-12(15)18-11(13)9-19(14,16)17/h10-11H,2-9H2,1H3. The van der Waals surface area contributed by atoms with Gasteiger partial charge in [0.15, 0.2) is 0 Å². The largest absolute Gasteiger partial charge is 0.461 e. The first-order valence-corrected chi connectivity index (χ1v) is 9.44. The first kappa shape index (κ1) is 15.1. The van der Waals surface area contributed by atoms with Gasteiger partial charge in [0.1, 0.15) is 11.9 Å². The Kier molecular flexibility index (Phi) is 4.45. The molecule has 2 aliphatic rings. The topological polar surface area (TPSA) is 60.4 Å². The van der Waals surface area contributed by atoms with E-state index in [9.17, 15) is 13.2 Å². The van der Waals surface area contributed by atoms with Gasteiger partial charge < -0.3 is 4.74 Å². The Hall–Kier alpha value is -0.290. The molecule has 0 bridgehead atoms. The Morgan fingerprint density at radius 3 is 2.74 bits per heavy atom. The number of ether oxygens (including phenoxy) is 1. The van der Waals surface area contributed by atoms with E-state index in [0.717, 1.165) is 38.5 Å². The van der Waals surface area contributed by atoms with Gasteiger partial charge in [-0.15, -0.1) is 0 Å². The summed E-state index contributed by atoms with van der Waals surface area (Å²) in [5.74, 6) is 0.153. The number of carbonyl (C=O) groups excluding carboxylic acids is 1. The highest BCUT2D eigenvalue weighted by atomic mass is 35.7. The summed E-state index contributed by atoms with van der Waals surface area (Å²) in [5.41, 5.74) is -0.303. The predicted octanol–water partition coefficient (Wildman–Crippen LogP) is 2.85. The molecule has 1 saturated carbocycles. The minimum atomic E-state index is -3.64. The molecule has 0 radical (unpaired) electrons. The molecular weight excluding hydrogens is 288 g/mol. The Morgan fingerprint density at radius 2 is 2.11 bits per heavy atom. The molecule has 6 heteroatoms. The molecule has 0 aromatic carbocycles. The van der Waals surface area contributed by atoms with Crippen LogP contribution in [0.1, 0.15) is 51.9 Å². The number of hydrogen-bond donors (Lipinski definition) is 0. The van der Waals surface area contributed by atoms with E-state index in [2.05, 4.69) is 6.92 Å². The van der Waals surface area contributed by atoms with E-state index in [0.29, 0.717) is 12.3 Å². The first-order chi connectivity index (χ1) is 8.85. The zero-order chi connectivity index (χ0) is 14.1. The van der Waals surface area contributed by atoms with E-state index in [4.69, 9.17) is 15.4 Å². The van der Waals surface area contributed by atoms with E-state index in [1.165, 1.54) is 0 Å². The van der Waals surface area contributed by atoms with Crippen LogP contribution in [0.25, 0.3) is 0 Å². The molecule has 0 N–H and O–H groups in total. The van der Waals surface area contributed by atoms with E-state index in [1.807, 2.05) is 0 Å². The molecule has 3 unspecified atom stereocenters. The number of rotatable bonds is 3. The average molecular weight is 309 g/mol. The van der Waals surface area contributed by atoms with Crippen LogP contribution in [0.5, 0.6) is 0 Å². The molecule has 0 amide bonds. The van der Waals surface area contributed by atoms with Crippen LogP contribution >= 0.6 is 10.7 Å². The summed E-state index contributed by atoms with van der Waals surface area (Å²) >= 11 is 0. The number of halogens is 1. The molecule has 0 aromatic rings. The van der Waals surface area contributed by atoms with Crippen LogP contribution in [0, 0.1) is 11.3 Å². The van der Waals surface area contributed by atoms with Crippen LogP contribution in [0.2, 0.25) is 0 Å². The lowest BCUT2D eigenvalue weighted by Gasteiger charge is -2.31. The van der Waals surface area contributed by atoms with Crippen molar-refractivity contribution >= 4 is 25.7 Å². The lowest BCUT2D eigenvalue weighted by Crippen LogP contribution is -2.35. The molecule has 1 spiro atoms. The third-order valence-corrected chi connectivity index (χ3v) is 5.80. The first-order valence-electron chi connectivity index (χ1n) is 6.96. The van der Waals surface area contributed by atoms with Crippen LogP contribution < -0.4 is 0 Å². The van der Waals surface area contributed by atoms with Crippen LogP contribution in [-0.4, -0.2) is 26.2 Å². The van der Waals surface area contributed by atoms with Gasteiger partial charge >= 0.3 is 5.97 Å². The molecule has 2 fully saturated rings. The highest BCUT2D eigenvalue weighted by Crippen LogP contribution is 2.48. The number of hydrogen-bond acceptors (Lipinski definition) is 4. The molecule has 110 valence electrons. The van der Waals surface area contributed by atoms with E-state index < -0.39 is 15.2 Å². The zero-order valence-corrected chi connectivity index (χ0v) is 12.8. The maximum atomic E-state index is 11.6. The highest BCUT2D eigenvalue weighted by molar-refractivity contribution is 8.13. The molecule has 1 aliphatic carbocycles. The van der Waals surface area contributed by atoms with Crippen molar-refractivity contribution in [2.24, 2.45) is 11.3 Å². The smallest absolute Gasteiger partial charge is 0.306 e. The summed E-state index contributed by atoms with van der Waals surface area (Å²) in [6, 6.07) is 0. The highest BCUT2D eigenvalue weighted by Gasteiger charge is 2.50. The molecule has 2 rings (SSSR count). The Bertz CT molecular complexity index is 448. The van der Waals surface area contributed by atoms with Crippen LogP contribution in [-0.2, 0) is 18.6 Å². The fourth-order valence-electron chi connectivity index (χ4n) is 3.53. The number of cyclic esters (lactones) is 1. The lowest BCUT2D eigenvalue weighted by atomic mass is 9.75. The van der Waals surface area contributed by atoms with Crippen molar-refractivity contribution in [3.05, 3.63) is 0 Å². The minimum absolute atomic E-state index is 0.253. The van der Waals surface area contributed by atoms with Crippen molar-refractivity contribution in [3.63, 3.8) is 0 Å². The van der Waals surface area contributed by atoms with Gasteiger partial charge in [-0.25, -0.2) is 8.42 Å². The molecule has 1 aliphatic heterocycles. The van der Waals surface area contributed by atoms with Crippen LogP contribution in [0.4, 0.5) is 0 Å². The SMILES string of the molecule is CCC1CCCC2(CC1)CC(=O)OC2CS(=O)(=O)Cl. The molecule has 1 heterocycles. The van der Waals surface area contributed by atoms with Gasteiger partial charge in [-0.2, -0.15) is 0 Å². The third-order valence-electron chi connectivity index (χ3n) is 4.72. The Balaban J connectivity index is 2.16. The summed E-state index contributed by atoms with van der Waals surface area (Å²) in [4.78, 5) is 11.6. The molecule has 0 aromatic heterocycles. The quantitative estimate of drug-likeness (QED) is 0.594. The number of esters is 1. The molecular formula is C13H21ClO4S. The Morgan fingerprint density at radius 1 is 1.37 bits per heavy atom. The van der Waals surface area contributed by atoms with E-state index >= 15 is 0 Å². The van der Waals surface area contributed by atoms with Crippen molar-refractivity contribution in [3.8, 4) is 0 Å². The van der Waals surface area contributed by atoms with Crippen LogP contribution in [0.3, 0.4) is 0 Å². The van der Waals surface area contributed by atoms with Gasteiger partial charge in [0.25, 0.3) is 0 Å². The van der Waals surface area contributed by atoms with Gasteiger partial charge in [-0.1, -0.05) is 26.2 Å². The second-order valence-corrected chi connectivity index (χ2v) is 8.75. The van der Waals surface area contributed by atoms with Gasteiger partial charge in [0.2, 0.25) is 9.05 Å². The summed E-state index contributed by atoms with van der Waals surface area (Å²) in [7, 11) is 1.70. The molecule has 3 atom stereocenters. The third kappa shape index (κ3) is 3.63. The molecule has 19 heavy (non-hydrogen) atoms. The fraction of sp³-hybridized carbons (Fsp3) is 0.923. The van der Waals surface area contributed by atoms with Crippen molar-refractivity contribution in [2.75, 3.05) is 5.75 Å². The van der Waals surface area contributed by atoms with Gasteiger partial charge in [0, 0.05) is 16.1 Å². The van der Waals surface area contributed by atoms with Gasteiger partial charge in [-0.3, -0.25) is 4.79 Å². The van der Waals surface area contributed by atoms with E-state index in [1.54, 1.807) is 0 Å². The minimum Gasteiger partial charge on any atom is -0.461 e. The summed E-state index contributed by atoms with van der Waals surface area (Å²) in [6.45, 7) is 2.18. The summed E-state index contributed by atoms with van der Waals surface area (Å²) in [6.07, 6.45) is 5.91. The van der Waals surface area contributed by atoms with E-state index in [-0.39, 0.29) is 17.1 Å². The second-order valence-electron chi connectivity index (χ2n) is 5.93. The monoisotopic (exact) mass is 308 g/mol. The maximum absolute atomic E-state index is 11.6. The van der Waals surface area contributed by atoms with Gasteiger partial charge in [0.05, 0.1) is 6.42 Å². The number of carbonyl (C=O) groups is 1. The van der Waals surface area contributed by atoms with Crippen molar-refractivity contribution in [2.45, 2.75) is 58.0 Å². The van der Waals surface area contributed by atoms with Crippen molar-refractivity contribution in [1.82, 2.24) is 0 Å². The second kappa shape index (κ2) is 5.60. The molecule has 1 saturated heterocycles. The normalized spacial score (nSPS) is 36.2. The fourth-order valence-corrected chi connectivity index (χ4v) is 4.66. The molecule has 4 nitrogen and oxygen atoms in total. The zero-order valence-electron chi connectivity index (χ0n) is 11.2. The van der Waals surface area contributed by atoms with Gasteiger partial charge in [-0.05, 0) is 25.2 Å². The predicted molar refractivity (Wildman–Crippen MR) is 73.4 cm³/mol. The Labute approximate surface area is 119 Å². The summed E-state index contributed by atoms with van der Waals surface area (Å²) < 4.78 is 27.9. The maximum Gasteiger partial charge on any atom is 0.306 e. The average Bonchev–Trinajstić information content (AvgIpc) is 2.48. The van der Waals surface area contributed by atoms with Crippen molar-refractivity contribution in [1.29, 1.82) is 0 Å². The lowest BCUT2D eigenvalue weighted by molar-refractivity contribution is -0.141. The van der Waals surface area contributed by atoms with Crippen molar-refractivity contribution < 1.29 is 17.9 Å². The van der Waals surface area contributed by atoms with Crippen LogP contribution in [0.15, 0.2) is 0 Å².